The van der Waals surface area contributed by atoms with Crippen molar-refractivity contribution in [3.8, 4) is 5.69 Å². The van der Waals surface area contributed by atoms with Gasteiger partial charge in [0.1, 0.15) is 0 Å². The first-order valence-electron chi connectivity index (χ1n) is 6.81. The zero-order valence-corrected chi connectivity index (χ0v) is 14.7. The van der Waals surface area contributed by atoms with Gasteiger partial charge >= 0.3 is 0 Å². The van der Waals surface area contributed by atoms with E-state index >= 15 is 0 Å². The van der Waals surface area contributed by atoms with Crippen molar-refractivity contribution in [2.24, 2.45) is 0 Å². The molecule has 0 saturated carbocycles. The van der Waals surface area contributed by atoms with Crippen LogP contribution in [0.2, 0.25) is 0 Å². The van der Waals surface area contributed by atoms with E-state index in [1.165, 1.54) is 0 Å². The number of carbonyl (C=O) groups is 1. The standard InChI is InChI=1S/C18H15N2O.Ir/c1-13-17(18(21)15-9-5-3-6-10-15)14(2)20(19-13)16-11-7-4-8-12-16;/h3-11H,1-2H3;/q-1;. The van der Waals surface area contributed by atoms with Crippen LogP contribution in [-0.2, 0) is 20.1 Å². The van der Waals surface area contributed by atoms with Crippen LogP contribution in [-0.4, -0.2) is 15.6 Å². The molecule has 3 nitrogen and oxygen atoms in total. The first kappa shape index (κ1) is 16.3. The normalized spacial score (nSPS) is 10.1. The molecule has 0 unspecified atom stereocenters. The second-order valence-corrected chi connectivity index (χ2v) is 4.90. The molecule has 22 heavy (non-hydrogen) atoms. The minimum Gasteiger partial charge on any atom is -0.288 e. The summed E-state index contributed by atoms with van der Waals surface area (Å²) in [6.07, 6.45) is 0. The van der Waals surface area contributed by atoms with Crippen LogP contribution in [0.3, 0.4) is 0 Å². The van der Waals surface area contributed by atoms with Crippen molar-refractivity contribution in [1.82, 2.24) is 9.78 Å². The van der Waals surface area contributed by atoms with E-state index in [9.17, 15) is 4.79 Å². The van der Waals surface area contributed by atoms with Crippen molar-refractivity contribution >= 4 is 5.78 Å². The van der Waals surface area contributed by atoms with Crippen LogP contribution in [0.1, 0.15) is 27.3 Å². The minimum atomic E-state index is 0. The van der Waals surface area contributed by atoms with E-state index in [1.807, 2.05) is 68.4 Å². The molecule has 4 heteroatoms. The maximum Gasteiger partial charge on any atom is 0.196 e. The Labute approximate surface area is 143 Å². The van der Waals surface area contributed by atoms with Crippen molar-refractivity contribution < 1.29 is 24.9 Å². The Morgan fingerprint density at radius 3 is 2.36 bits per heavy atom. The van der Waals surface area contributed by atoms with Crippen molar-refractivity contribution in [2.45, 2.75) is 13.8 Å². The summed E-state index contributed by atoms with van der Waals surface area (Å²) in [7, 11) is 0. The van der Waals surface area contributed by atoms with Gasteiger partial charge in [-0.15, -0.1) is 6.07 Å². The number of hydrogen-bond acceptors (Lipinski definition) is 2. The fourth-order valence-electron chi connectivity index (χ4n) is 2.46. The summed E-state index contributed by atoms with van der Waals surface area (Å²) in [5, 5.41) is 4.49. The third kappa shape index (κ3) is 2.94. The Morgan fingerprint density at radius 1 is 1.05 bits per heavy atom. The summed E-state index contributed by atoms with van der Waals surface area (Å²) < 4.78 is 1.77. The number of benzene rings is 2. The summed E-state index contributed by atoms with van der Waals surface area (Å²) in [5.74, 6) is 0.00720. The predicted octanol–water partition coefficient (Wildman–Crippen LogP) is 3.52. The van der Waals surface area contributed by atoms with Crippen LogP contribution in [0.15, 0.2) is 54.6 Å². The zero-order chi connectivity index (χ0) is 14.8. The van der Waals surface area contributed by atoms with Crippen LogP contribution in [0.5, 0.6) is 0 Å². The third-order valence-corrected chi connectivity index (χ3v) is 3.48. The number of aryl methyl sites for hydroxylation is 1. The van der Waals surface area contributed by atoms with Crippen molar-refractivity contribution in [3.05, 3.63) is 83.2 Å². The average Bonchev–Trinajstić information content (AvgIpc) is 2.83. The molecule has 1 heterocycles. The smallest absolute Gasteiger partial charge is 0.196 e. The second-order valence-electron chi connectivity index (χ2n) is 4.90. The molecule has 3 aromatic rings. The van der Waals surface area contributed by atoms with Gasteiger partial charge in [0.25, 0.3) is 0 Å². The number of aromatic nitrogens is 2. The van der Waals surface area contributed by atoms with Crippen molar-refractivity contribution in [1.29, 1.82) is 0 Å². The van der Waals surface area contributed by atoms with E-state index in [0.29, 0.717) is 11.1 Å². The molecule has 113 valence electrons. The molecule has 0 aliphatic rings. The molecule has 1 aromatic heterocycles. The number of nitrogens with zero attached hydrogens (tertiary/aromatic N) is 2. The SMILES string of the molecule is Cc1nn(-c2[c-]cccc2)c(C)c1C(=O)c1ccccc1.[Ir]. The third-order valence-electron chi connectivity index (χ3n) is 3.48. The summed E-state index contributed by atoms with van der Waals surface area (Å²) in [6, 6.07) is 20.0. The van der Waals surface area contributed by atoms with Crippen molar-refractivity contribution in [3.63, 3.8) is 0 Å². The molecule has 0 saturated heterocycles. The van der Waals surface area contributed by atoms with E-state index in [0.717, 1.165) is 17.1 Å². The summed E-state index contributed by atoms with van der Waals surface area (Å²) in [4.78, 5) is 12.7. The van der Waals surface area contributed by atoms with Gasteiger partial charge in [-0.3, -0.25) is 9.48 Å². The fourth-order valence-corrected chi connectivity index (χ4v) is 2.46. The quantitative estimate of drug-likeness (QED) is 0.437. The molecule has 0 N–H and O–H groups in total. The maximum atomic E-state index is 12.7. The molecule has 3 rings (SSSR count). The molecular formula is C18H15IrN2O-. The largest absolute Gasteiger partial charge is 0.288 e. The minimum absolute atomic E-state index is 0. The number of hydrogen-bond donors (Lipinski definition) is 0. The van der Waals surface area contributed by atoms with Gasteiger partial charge in [-0.25, -0.2) is 0 Å². The number of rotatable bonds is 3. The van der Waals surface area contributed by atoms with E-state index in [2.05, 4.69) is 11.2 Å². The Balaban J connectivity index is 0.00000176. The van der Waals surface area contributed by atoms with Gasteiger partial charge in [0.05, 0.1) is 17.0 Å². The number of carbonyl (C=O) groups excluding carboxylic acids is 1. The maximum absolute atomic E-state index is 12.7. The molecule has 0 aliphatic heterocycles. The first-order chi connectivity index (χ1) is 10.2. The Bertz CT molecular complexity index is 780. The van der Waals surface area contributed by atoms with Gasteiger partial charge in [-0.1, -0.05) is 30.3 Å². The van der Waals surface area contributed by atoms with Crippen LogP contribution in [0, 0.1) is 19.9 Å². The molecule has 0 spiro atoms. The van der Waals surface area contributed by atoms with Crippen molar-refractivity contribution in [2.75, 3.05) is 0 Å². The number of para-hydroxylation sites is 1. The first-order valence-corrected chi connectivity index (χ1v) is 6.81. The Morgan fingerprint density at radius 2 is 1.73 bits per heavy atom. The predicted molar refractivity (Wildman–Crippen MR) is 81.7 cm³/mol. The van der Waals surface area contributed by atoms with Crippen LogP contribution in [0.4, 0.5) is 0 Å². The Hall–Kier alpha value is -2.03. The topological polar surface area (TPSA) is 34.9 Å². The fraction of sp³-hybridized carbons (Fsp3) is 0.111. The van der Waals surface area contributed by atoms with Gasteiger partial charge in [-0.05, 0) is 19.5 Å². The summed E-state index contributed by atoms with van der Waals surface area (Å²) >= 11 is 0. The summed E-state index contributed by atoms with van der Waals surface area (Å²) in [6.45, 7) is 3.78. The van der Waals surface area contributed by atoms with E-state index in [4.69, 9.17) is 0 Å². The van der Waals surface area contributed by atoms with E-state index in [1.54, 1.807) is 4.68 Å². The van der Waals surface area contributed by atoms with Gasteiger partial charge < -0.3 is 0 Å². The van der Waals surface area contributed by atoms with Crippen LogP contribution < -0.4 is 0 Å². The van der Waals surface area contributed by atoms with Crippen LogP contribution >= 0.6 is 0 Å². The van der Waals surface area contributed by atoms with Crippen LogP contribution in [0.25, 0.3) is 5.69 Å². The molecule has 0 amide bonds. The molecule has 0 fully saturated rings. The zero-order valence-electron chi connectivity index (χ0n) is 12.3. The molecule has 1 radical (unpaired) electrons. The van der Waals surface area contributed by atoms with Gasteiger partial charge in [-0.2, -0.15) is 29.4 Å². The van der Waals surface area contributed by atoms with E-state index < -0.39 is 0 Å². The molecule has 0 aliphatic carbocycles. The van der Waals surface area contributed by atoms with E-state index in [-0.39, 0.29) is 25.9 Å². The Kier molecular flexibility index (Phi) is 5.07. The van der Waals surface area contributed by atoms with Gasteiger partial charge in [0, 0.05) is 25.7 Å². The molecule has 2 aromatic carbocycles. The average molecular weight is 468 g/mol. The monoisotopic (exact) mass is 468 g/mol. The van der Waals surface area contributed by atoms with Gasteiger partial charge in [0.15, 0.2) is 5.78 Å². The second kappa shape index (κ2) is 6.82. The summed E-state index contributed by atoms with van der Waals surface area (Å²) in [5.41, 5.74) is 3.76. The molecular weight excluding hydrogens is 452 g/mol. The molecule has 0 atom stereocenters. The number of ketones is 1. The molecule has 0 bridgehead atoms. The van der Waals surface area contributed by atoms with Gasteiger partial charge in [0.2, 0.25) is 0 Å².